The Morgan fingerprint density at radius 2 is 0.782 bits per heavy atom. The topological polar surface area (TPSA) is 39.4 Å². The van der Waals surface area contributed by atoms with E-state index in [-0.39, 0.29) is 0 Å². The summed E-state index contributed by atoms with van der Waals surface area (Å²) in [6.07, 6.45) is 0. The third kappa shape index (κ3) is 4.38. The lowest BCUT2D eigenvalue weighted by Gasteiger charge is -2.18. The molecule has 3 heteroatoms. The van der Waals surface area contributed by atoms with Crippen LogP contribution in [0.3, 0.4) is 0 Å². The lowest BCUT2D eigenvalue weighted by Crippen LogP contribution is -1.91. The summed E-state index contributed by atoms with van der Waals surface area (Å²) in [6.45, 7) is 0. The Morgan fingerprint density at radius 1 is 0.255 bits per heavy atom. The van der Waals surface area contributed by atoms with Crippen molar-refractivity contribution < 1.29 is 13.3 Å². The van der Waals surface area contributed by atoms with Crippen LogP contribution in [0.4, 0.5) is 0 Å². The maximum Gasteiger partial charge on any atom is 0.178 e. The predicted molar refractivity (Wildman–Crippen MR) is 228 cm³/mol. The molecule has 0 bridgehead atoms. The van der Waals surface area contributed by atoms with Crippen LogP contribution < -0.4 is 0 Å². The van der Waals surface area contributed by atoms with E-state index in [1.54, 1.807) is 0 Å². The molecular weight excluding hydrogens is 673 g/mol. The van der Waals surface area contributed by atoms with Gasteiger partial charge >= 0.3 is 0 Å². The lowest BCUT2D eigenvalue weighted by atomic mass is 9.85. The molecule has 0 aliphatic rings. The highest BCUT2D eigenvalue weighted by Crippen LogP contribution is 2.49. The van der Waals surface area contributed by atoms with E-state index in [2.05, 4.69) is 164 Å². The average molecular weight is 703 g/mol. The molecule has 0 fully saturated rings. The molecule has 0 spiro atoms. The molecule has 0 saturated carbocycles. The summed E-state index contributed by atoms with van der Waals surface area (Å²) in [4.78, 5) is 0. The van der Waals surface area contributed by atoms with E-state index in [0.29, 0.717) is 0 Å². The van der Waals surface area contributed by atoms with Crippen molar-refractivity contribution in [2.24, 2.45) is 0 Å². The van der Waals surface area contributed by atoms with E-state index in [4.69, 9.17) is 13.3 Å². The van der Waals surface area contributed by atoms with Crippen molar-refractivity contribution >= 4 is 76.4 Å². The highest BCUT2D eigenvalue weighted by molar-refractivity contribution is 6.26. The molecule has 0 N–H and O–H groups in total. The zero-order chi connectivity index (χ0) is 36.0. The van der Waals surface area contributed by atoms with Gasteiger partial charge in [-0.3, -0.25) is 0 Å². The van der Waals surface area contributed by atoms with Gasteiger partial charge in [0.2, 0.25) is 0 Å². The minimum atomic E-state index is 0.777. The van der Waals surface area contributed by atoms with Gasteiger partial charge in [-0.2, -0.15) is 0 Å². The van der Waals surface area contributed by atoms with Gasteiger partial charge < -0.3 is 13.3 Å². The summed E-state index contributed by atoms with van der Waals surface area (Å²) < 4.78 is 20.0. The SMILES string of the molecule is c1ccc(-c2oc3ccc(-c4c5ccccc5c(-c5cccc6c5oc5c6ccc6c7ccccc7oc65)c5ccccc45)cc3c2-c2ccccc2)cc1. The Bertz CT molecular complexity index is 3420. The minimum absolute atomic E-state index is 0.777. The molecule has 0 saturated heterocycles. The Balaban J connectivity index is 1.14. The van der Waals surface area contributed by atoms with Gasteiger partial charge in [0.15, 0.2) is 11.2 Å². The van der Waals surface area contributed by atoms with Crippen LogP contribution >= 0.6 is 0 Å². The van der Waals surface area contributed by atoms with Gasteiger partial charge in [-0.25, -0.2) is 0 Å². The summed E-state index contributed by atoms with van der Waals surface area (Å²) in [5.41, 5.74) is 12.0. The van der Waals surface area contributed by atoms with Gasteiger partial charge in [0.1, 0.15) is 22.5 Å². The number of fused-ring (bicyclic) bond motifs is 10. The van der Waals surface area contributed by atoms with Crippen LogP contribution in [0.25, 0.3) is 121 Å². The van der Waals surface area contributed by atoms with Crippen molar-refractivity contribution in [2.75, 3.05) is 0 Å². The van der Waals surface area contributed by atoms with Crippen molar-refractivity contribution in [3.05, 3.63) is 182 Å². The average Bonchev–Trinajstić information content (AvgIpc) is 3.95. The fourth-order valence-corrected chi connectivity index (χ4v) is 8.90. The maximum absolute atomic E-state index is 6.93. The van der Waals surface area contributed by atoms with Crippen molar-refractivity contribution in [1.29, 1.82) is 0 Å². The van der Waals surface area contributed by atoms with Gasteiger partial charge in [0.05, 0.1) is 0 Å². The van der Waals surface area contributed by atoms with Crippen molar-refractivity contribution in [3.63, 3.8) is 0 Å². The van der Waals surface area contributed by atoms with Crippen LogP contribution in [-0.2, 0) is 0 Å². The van der Waals surface area contributed by atoms with Crippen molar-refractivity contribution in [3.8, 4) is 44.7 Å². The molecule has 3 aromatic heterocycles. The second kappa shape index (κ2) is 11.6. The first-order valence-electron chi connectivity index (χ1n) is 18.7. The van der Waals surface area contributed by atoms with Crippen molar-refractivity contribution in [2.45, 2.75) is 0 Å². The molecule has 0 amide bonds. The molecule has 12 rings (SSSR count). The van der Waals surface area contributed by atoms with E-state index in [9.17, 15) is 0 Å². The quantitative estimate of drug-likeness (QED) is 0.171. The minimum Gasteiger partial charge on any atom is -0.455 e. The lowest BCUT2D eigenvalue weighted by molar-refractivity contribution is 0.632. The van der Waals surface area contributed by atoms with Crippen LogP contribution in [-0.4, -0.2) is 0 Å². The molecular formula is C52H30O3. The highest BCUT2D eigenvalue weighted by atomic mass is 16.4. The number of para-hydroxylation sites is 2. The Labute approximate surface area is 315 Å². The molecule has 0 atom stereocenters. The van der Waals surface area contributed by atoms with Gasteiger partial charge in [-0.05, 0) is 68.6 Å². The third-order valence-electron chi connectivity index (χ3n) is 11.3. The van der Waals surface area contributed by atoms with Crippen LogP contribution in [0.2, 0.25) is 0 Å². The molecule has 3 heterocycles. The van der Waals surface area contributed by atoms with E-state index in [1.807, 2.05) is 18.2 Å². The Kier molecular flexibility index (Phi) is 6.34. The molecule has 3 nitrogen and oxygen atoms in total. The standard InChI is InChI=1S/C52H30O3/c1-3-14-31(15-4-1)47-43-30-33(26-29-45(43)53-49(47)32-16-5-2-6-17-32)46-35-19-7-9-21-37(35)48(38-22-10-8-20-36(38)46)42-24-13-23-39-41-28-27-40-34-18-11-12-25-44(34)54-51(40)52(41)55-50(39)42/h1-30H. The molecule has 12 aromatic rings. The first-order chi connectivity index (χ1) is 27.3. The number of hydrogen-bond donors (Lipinski definition) is 0. The molecule has 55 heavy (non-hydrogen) atoms. The number of furan rings is 3. The van der Waals surface area contributed by atoms with Gasteiger partial charge in [-0.15, -0.1) is 0 Å². The van der Waals surface area contributed by atoms with Gasteiger partial charge in [0.25, 0.3) is 0 Å². The fraction of sp³-hybridized carbons (Fsp3) is 0. The van der Waals surface area contributed by atoms with Crippen LogP contribution in [0.5, 0.6) is 0 Å². The second-order valence-electron chi connectivity index (χ2n) is 14.3. The summed E-state index contributed by atoms with van der Waals surface area (Å²) in [6, 6.07) is 64.2. The summed E-state index contributed by atoms with van der Waals surface area (Å²) in [5.74, 6) is 0.878. The van der Waals surface area contributed by atoms with E-state index < -0.39 is 0 Å². The Morgan fingerprint density at radius 3 is 1.49 bits per heavy atom. The summed E-state index contributed by atoms with van der Waals surface area (Å²) in [7, 11) is 0. The Hall–Kier alpha value is -7.36. The third-order valence-corrected chi connectivity index (χ3v) is 11.3. The predicted octanol–water partition coefficient (Wildman–Crippen LogP) is 15.2. The maximum atomic E-state index is 6.93. The van der Waals surface area contributed by atoms with Crippen LogP contribution in [0.15, 0.2) is 195 Å². The molecule has 256 valence electrons. The summed E-state index contributed by atoms with van der Waals surface area (Å²) in [5, 5.41) is 10.0. The van der Waals surface area contributed by atoms with Gasteiger partial charge in [0, 0.05) is 49.2 Å². The van der Waals surface area contributed by atoms with Crippen LogP contribution in [0, 0.1) is 0 Å². The smallest absolute Gasteiger partial charge is 0.178 e. The second-order valence-corrected chi connectivity index (χ2v) is 14.3. The van der Waals surface area contributed by atoms with Crippen LogP contribution in [0.1, 0.15) is 0 Å². The van der Waals surface area contributed by atoms with Crippen molar-refractivity contribution in [1.82, 2.24) is 0 Å². The summed E-state index contributed by atoms with van der Waals surface area (Å²) >= 11 is 0. The molecule has 9 aromatic carbocycles. The monoisotopic (exact) mass is 702 g/mol. The number of hydrogen-bond acceptors (Lipinski definition) is 3. The fourth-order valence-electron chi connectivity index (χ4n) is 8.90. The highest BCUT2D eigenvalue weighted by Gasteiger charge is 2.23. The first kappa shape index (κ1) is 30.1. The zero-order valence-electron chi connectivity index (χ0n) is 29.5. The van der Waals surface area contributed by atoms with E-state index >= 15 is 0 Å². The molecule has 0 unspecified atom stereocenters. The molecule has 0 radical (unpaired) electrons. The normalized spacial score (nSPS) is 12.0. The largest absolute Gasteiger partial charge is 0.455 e. The number of rotatable bonds is 4. The zero-order valence-corrected chi connectivity index (χ0v) is 29.5. The first-order valence-corrected chi connectivity index (χ1v) is 18.7. The van der Waals surface area contributed by atoms with E-state index in [0.717, 1.165) is 94.0 Å². The molecule has 0 aliphatic carbocycles. The number of benzene rings is 9. The van der Waals surface area contributed by atoms with E-state index in [1.165, 1.54) is 27.1 Å². The molecule has 0 aliphatic heterocycles. The van der Waals surface area contributed by atoms with Gasteiger partial charge in [-0.1, -0.05) is 152 Å².